The van der Waals surface area contributed by atoms with E-state index in [1.807, 2.05) is 42.5 Å². The van der Waals surface area contributed by atoms with Crippen molar-refractivity contribution in [1.29, 1.82) is 0 Å². The number of amides is 1. The molecular formula is C22H22ClN5O3. The number of aromatic nitrogens is 3. The number of hydrogen-bond donors (Lipinski definition) is 3. The number of carbonyl (C=O) groups excluding carboxylic acids is 1. The number of rotatable bonds is 7. The molecule has 160 valence electrons. The molecule has 0 aliphatic carbocycles. The molecule has 1 amide bonds. The minimum atomic E-state index is -0.926. The molecule has 0 fully saturated rings. The topological polar surface area (TPSA) is 109 Å². The number of halogens is 1. The molecular weight excluding hydrogens is 418 g/mol. The summed E-state index contributed by atoms with van der Waals surface area (Å²) in [6, 6.07) is 17.7. The third-order valence-corrected chi connectivity index (χ3v) is 5.44. The monoisotopic (exact) mass is 439 g/mol. The van der Waals surface area contributed by atoms with E-state index >= 15 is 0 Å². The number of hydrogen-bond acceptors (Lipinski definition) is 5. The van der Waals surface area contributed by atoms with Gasteiger partial charge in [0.15, 0.2) is 0 Å². The van der Waals surface area contributed by atoms with E-state index in [0.29, 0.717) is 11.0 Å². The Morgan fingerprint density at radius 2 is 1.84 bits per heavy atom. The first-order valence-electron chi connectivity index (χ1n) is 10.0. The fraction of sp³-hybridized carbons (Fsp3) is 0.273. The maximum atomic E-state index is 12.2. The van der Waals surface area contributed by atoms with Crippen LogP contribution in [0.1, 0.15) is 48.9 Å². The average Bonchev–Trinajstić information content (AvgIpc) is 3.16. The average molecular weight is 440 g/mol. The molecule has 8 nitrogen and oxygen atoms in total. The minimum absolute atomic E-state index is 0.0256. The van der Waals surface area contributed by atoms with Crippen molar-refractivity contribution >= 4 is 35.4 Å². The first-order valence-corrected chi connectivity index (χ1v) is 10.4. The molecule has 2 aromatic carbocycles. The summed E-state index contributed by atoms with van der Waals surface area (Å²) in [4.78, 5) is 27.3. The Morgan fingerprint density at radius 1 is 1.10 bits per heavy atom. The van der Waals surface area contributed by atoms with Crippen LogP contribution in [0.4, 0.5) is 11.9 Å². The molecule has 0 radical (unpaired) electrons. The maximum Gasteiger partial charge on any atom is 0.303 e. The zero-order valence-electron chi connectivity index (χ0n) is 16.7. The Kier molecular flexibility index (Phi) is 6.18. The van der Waals surface area contributed by atoms with Crippen LogP contribution in [0.2, 0.25) is 5.02 Å². The number of carboxylic acid groups (broad SMARTS) is 1. The van der Waals surface area contributed by atoms with E-state index in [9.17, 15) is 9.59 Å². The van der Waals surface area contributed by atoms with Crippen molar-refractivity contribution in [3.05, 3.63) is 70.7 Å². The highest BCUT2D eigenvalue weighted by Crippen LogP contribution is 2.38. The van der Waals surface area contributed by atoms with E-state index in [2.05, 4.69) is 32.8 Å². The van der Waals surface area contributed by atoms with Crippen molar-refractivity contribution in [2.24, 2.45) is 0 Å². The lowest BCUT2D eigenvalue weighted by molar-refractivity contribution is -0.137. The molecule has 4 rings (SSSR count). The van der Waals surface area contributed by atoms with Gasteiger partial charge < -0.3 is 10.4 Å². The summed E-state index contributed by atoms with van der Waals surface area (Å²) >= 11 is 6.07. The van der Waals surface area contributed by atoms with Crippen LogP contribution in [0.25, 0.3) is 0 Å². The molecule has 1 aromatic heterocycles. The summed E-state index contributed by atoms with van der Waals surface area (Å²) in [5, 5.41) is 20.0. The normalized spacial score (nSPS) is 17.5. The van der Waals surface area contributed by atoms with E-state index in [-0.39, 0.29) is 43.2 Å². The molecule has 0 unspecified atom stereocenters. The third-order valence-electron chi connectivity index (χ3n) is 5.19. The van der Waals surface area contributed by atoms with E-state index in [0.717, 1.165) is 17.5 Å². The number of carbonyl (C=O) groups is 2. The Morgan fingerprint density at radius 3 is 2.55 bits per heavy atom. The molecule has 3 aromatic rings. The Bertz CT molecular complexity index is 1070. The molecule has 2 atom stereocenters. The van der Waals surface area contributed by atoms with Crippen LogP contribution < -0.4 is 10.6 Å². The number of nitrogens with zero attached hydrogens (tertiary/aromatic N) is 3. The smallest absolute Gasteiger partial charge is 0.303 e. The van der Waals surface area contributed by atoms with Crippen LogP contribution in [0.15, 0.2) is 54.6 Å². The molecule has 31 heavy (non-hydrogen) atoms. The predicted molar refractivity (Wildman–Crippen MR) is 117 cm³/mol. The summed E-state index contributed by atoms with van der Waals surface area (Å²) in [5.41, 5.74) is 2.17. The van der Waals surface area contributed by atoms with E-state index in [4.69, 9.17) is 16.7 Å². The van der Waals surface area contributed by atoms with E-state index in [1.165, 1.54) is 0 Å². The Balaban J connectivity index is 1.59. The molecule has 1 aliphatic rings. The number of aliphatic carboxylic acids is 1. The van der Waals surface area contributed by atoms with Crippen LogP contribution in [0, 0.1) is 0 Å². The Labute approximate surface area is 184 Å². The van der Waals surface area contributed by atoms with Gasteiger partial charge in [-0.05, 0) is 36.1 Å². The van der Waals surface area contributed by atoms with Gasteiger partial charge in [0.2, 0.25) is 11.9 Å². The summed E-state index contributed by atoms with van der Waals surface area (Å²) in [5.74, 6) is -0.492. The Hall–Kier alpha value is -3.39. The highest BCUT2D eigenvalue weighted by Gasteiger charge is 2.31. The van der Waals surface area contributed by atoms with Gasteiger partial charge in [0.1, 0.15) is 0 Å². The van der Waals surface area contributed by atoms with Gasteiger partial charge in [-0.2, -0.15) is 4.98 Å². The number of carboxylic acids is 1. The second kappa shape index (κ2) is 9.18. The van der Waals surface area contributed by atoms with Gasteiger partial charge in [0.05, 0.1) is 12.1 Å². The van der Waals surface area contributed by atoms with Crippen molar-refractivity contribution < 1.29 is 14.7 Å². The SMILES string of the molecule is O=C(O)CCCC(=O)Nc1nc2n(n1)[C@@H](c1ccc(Cl)cc1)C[C@H](c1ccccc1)N2. The lowest BCUT2D eigenvalue weighted by atomic mass is 9.93. The number of benzene rings is 2. The zero-order chi connectivity index (χ0) is 21.8. The van der Waals surface area contributed by atoms with Gasteiger partial charge in [-0.1, -0.05) is 54.1 Å². The van der Waals surface area contributed by atoms with Crippen LogP contribution in [0.3, 0.4) is 0 Å². The molecule has 0 spiro atoms. The third kappa shape index (κ3) is 5.03. The van der Waals surface area contributed by atoms with E-state index in [1.54, 1.807) is 4.68 Å². The number of nitrogens with one attached hydrogen (secondary N) is 2. The fourth-order valence-electron chi connectivity index (χ4n) is 3.68. The van der Waals surface area contributed by atoms with Gasteiger partial charge in [-0.25, -0.2) is 4.68 Å². The van der Waals surface area contributed by atoms with Gasteiger partial charge in [0, 0.05) is 17.9 Å². The van der Waals surface area contributed by atoms with Crippen LogP contribution in [-0.2, 0) is 9.59 Å². The van der Waals surface area contributed by atoms with Crippen molar-refractivity contribution in [3.8, 4) is 0 Å². The molecule has 9 heteroatoms. The molecule has 0 saturated heterocycles. The molecule has 0 saturated carbocycles. The van der Waals surface area contributed by atoms with Crippen molar-refractivity contribution in [3.63, 3.8) is 0 Å². The van der Waals surface area contributed by atoms with Gasteiger partial charge in [0.25, 0.3) is 5.95 Å². The van der Waals surface area contributed by atoms with Gasteiger partial charge in [-0.3, -0.25) is 14.9 Å². The predicted octanol–water partition coefficient (Wildman–Crippen LogP) is 4.27. The first-order chi connectivity index (χ1) is 15.0. The van der Waals surface area contributed by atoms with Crippen molar-refractivity contribution in [1.82, 2.24) is 14.8 Å². The lowest BCUT2D eigenvalue weighted by Crippen LogP contribution is -2.28. The molecule has 3 N–H and O–H groups in total. The van der Waals surface area contributed by atoms with Gasteiger partial charge >= 0.3 is 5.97 Å². The number of anilines is 2. The van der Waals surface area contributed by atoms with Crippen molar-refractivity contribution in [2.45, 2.75) is 37.8 Å². The van der Waals surface area contributed by atoms with Gasteiger partial charge in [-0.15, -0.1) is 5.10 Å². The molecule has 2 heterocycles. The summed E-state index contributed by atoms with van der Waals surface area (Å²) in [6.07, 6.45) is 1.04. The van der Waals surface area contributed by atoms with Crippen molar-refractivity contribution in [2.75, 3.05) is 10.6 Å². The molecule has 0 bridgehead atoms. The summed E-state index contributed by atoms with van der Waals surface area (Å²) in [7, 11) is 0. The largest absolute Gasteiger partial charge is 0.481 e. The minimum Gasteiger partial charge on any atom is -0.481 e. The second-order valence-electron chi connectivity index (χ2n) is 7.41. The standard InChI is InChI=1S/C22H22ClN5O3/c23-16-11-9-15(10-12-16)18-13-17(14-5-2-1-3-6-14)24-22-26-21(27-28(18)22)25-19(29)7-4-8-20(30)31/h1-3,5-6,9-12,17-18H,4,7-8,13H2,(H,30,31)(H2,24,25,26,27,29)/t17-,18-/m1/s1. The first kappa shape index (κ1) is 20.9. The van der Waals surface area contributed by atoms with Crippen LogP contribution >= 0.6 is 11.6 Å². The molecule has 1 aliphatic heterocycles. The zero-order valence-corrected chi connectivity index (χ0v) is 17.4. The lowest BCUT2D eigenvalue weighted by Gasteiger charge is -2.31. The van der Waals surface area contributed by atoms with Crippen LogP contribution in [0.5, 0.6) is 0 Å². The maximum absolute atomic E-state index is 12.2. The highest BCUT2D eigenvalue weighted by molar-refractivity contribution is 6.30. The summed E-state index contributed by atoms with van der Waals surface area (Å²) < 4.78 is 1.77. The van der Waals surface area contributed by atoms with Crippen LogP contribution in [-0.4, -0.2) is 31.7 Å². The highest BCUT2D eigenvalue weighted by atomic mass is 35.5. The second-order valence-corrected chi connectivity index (χ2v) is 7.85. The van der Waals surface area contributed by atoms with E-state index < -0.39 is 5.97 Å². The summed E-state index contributed by atoms with van der Waals surface area (Å²) in [6.45, 7) is 0. The fourth-order valence-corrected chi connectivity index (χ4v) is 3.81. The quantitative estimate of drug-likeness (QED) is 0.507. The number of fused-ring (bicyclic) bond motifs is 1.